The maximum atomic E-state index is 12.2. The molecular formula is C16H28O. The Morgan fingerprint density at radius 3 is 2.29 bits per heavy atom. The lowest BCUT2D eigenvalue weighted by molar-refractivity contribution is -0.128. The van der Waals surface area contributed by atoms with Crippen LogP contribution in [0, 0.1) is 29.6 Å². The zero-order valence-corrected chi connectivity index (χ0v) is 11.7. The van der Waals surface area contributed by atoms with Crippen LogP contribution in [-0.2, 0) is 4.79 Å². The molecule has 0 saturated heterocycles. The van der Waals surface area contributed by atoms with Crippen LogP contribution < -0.4 is 0 Å². The molecule has 0 bridgehead atoms. The van der Waals surface area contributed by atoms with Crippen LogP contribution in [0.3, 0.4) is 0 Å². The molecular weight excluding hydrogens is 208 g/mol. The highest BCUT2D eigenvalue weighted by molar-refractivity contribution is 5.82. The normalized spacial score (nSPS) is 43.7. The van der Waals surface area contributed by atoms with Crippen molar-refractivity contribution >= 4 is 5.78 Å². The van der Waals surface area contributed by atoms with Crippen molar-refractivity contribution in [3.63, 3.8) is 0 Å². The fraction of sp³-hybridized carbons (Fsp3) is 0.938. The molecule has 2 fully saturated rings. The van der Waals surface area contributed by atoms with Gasteiger partial charge in [0.05, 0.1) is 0 Å². The number of hydrogen-bond acceptors (Lipinski definition) is 1. The van der Waals surface area contributed by atoms with E-state index in [1.807, 2.05) is 0 Å². The molecule has 0 heterocycles. The number of ketones is 1. The van der Waals surface area contributed by atoms with Gasteiger partial charge in [0.1, 0.15) is 5.78 Å². The van der Waals surface area contributed by atoms with E-state index < -0.39 is 0 Å². The van der Waals surface area contributed by atoms with E-state index in [1.54, 1.807) is 0 Å². The number of carbonyl (C=O) groups excluding carboxylic acids is 1. The minimum atomic E-state index is 0.416. The van der Waals surface area contributed by atoms with E-state index in [0.29, 0.717) is 17.6 Å². The third-order valence-electron chi connectivity index (χ3n) is 5.16. The van der Waals surface area contributed by atoms with Gasteiger partial charge in [0.2, 0.25) is 0 Å². The van der Waals surface area contributed by atoms with E-state index in [-0.39, 0.29) is 0 Å². The molecule has 2 aliphatic carbocycles. The number of Topliss-reactive ketones (excluding diaryl/α,β-unsaturated/α-hetero) is 1. The molecule has 0 amide bonds. The highest BCUT2D eigenvalue weighted by Crippen LogP contribution is 2.42. The van der Waals surface area contributed by atoms with Gasteiger partial charge in [-0.25, -0.2) is 0 Å². The summed E-state index contributed by atoms with van der Waals surface area (Å²) < 4.78 is 0. The molecule has 4 atom stereocenters. The smallest absolute Gasteiger partial charge is 0.136 e. The van der Waals surface area contributed by atoms with E-state index >= 15 is 0 Å². The van der Waals surface area contributed by atoms with Crippen molar-refractivity contribution in [3.8, 4) is 0 Å². The zero-order chi connectivity index (χ0) is 12.4. The minimum absolute atomic E-state index is 0.416. The van der Waals surface area contributed by atoms with Gasteiger partial charge in [0, 0.05) is 12.3 Å². The first-order valence-electron chi connectivity index (χ1n) is 7.62. The fourth-order valence-corrected chi connectivity index (χ4v) is 4.30. The zero-order valence-electron chi connectivity index (χ0n) is 11.7. The van der Waals surface area contributed by atoms with Crippen molar-refractivity contribution < 1.29 is 4.79 Å². The van der Waals surface area contributed by atoms with E-state index in [2.05, 4.69) is 20.8 Å². The monoisotopic (exact) mass is 236 g/mol. The summed E-state index contributed by atoms with van der Waals surface area (Å²) in [5, 5.41) is 0. The Morgan fingerprint density at radius 2 is 1.71 bits per heavy atom. The average Bonchev–Trinajstić information content (AvgIpc) is 2.28. The molecule has 0 spiro atoms. The lowest BCUT2D eigenvalue weighted by Gasteiger charge is -2.39. The first-order valence-corrected chi connectivity index (χ1v) is 7.62. The molecule has 1 heteroatoms. The van der Waals surface area contributed by atoms with Gasteiger partial charge in [0.15, 0.2) is 0 Å². The van der Waals surface area contributed by atoms with Crippen LogP contribution in [0.5, 0.6) is 0 Å². The van der Waals surface area contributed by atoms with Crippen LogP contribution in [0.15, 0.2) is 0 Å². The standard InChI is InChI=1S/C16H28O/c1-4-13-5-6-16(17)15(10-13)14-8-11(2)7-12(3)9-14/h11-15H,4-10H2,1-3H3. The van der Waals surface area contributed by atoms with Gasteiger partial charge >= 0.3 is 0 Å². The first-order chi connectivity index (χ1) is 8.10. The van der Waals surface area contributed by atoms with Gasteiger partial charge in [0.25, 0.3) is 0 Å². The van der Waals surface area contributed by atoms with Crippen LogP contribution in [0.1, 0.15) is 65.7 Å². The SMILES string of the molecule is CCC1CCC(=O)C(C2CC(C)CC(C)C2)C1. The molecule has 17 heavy (non-hydrogen) atoms. The van der Waals surface area contributed by atoms with Crippen LogP contribution >= 0.6 is 0 Å². The van der Waals surface area contributed by atoms with Crippen LogP contribution in [-0.4, -0.2) is 5.78 Å². The minimum Gasteiger partial charge on any atom is -0.299 e. The Kier molecular flexibility index (Phi) is 4.27. The highest BCUT2D eigenvalue weighted by Gasteiger charge is 2.37. The second-order valence-electron chi connectivity index (χ2n) is 6.80. The van der Waals surface area contributed by atoms with Crippen molar-refractivity contribution in [2.24, 2.45) is 29.6 Å². The lowest BCUT2D eigenvalue weighted by atomic mass is 9.65. The summed E-state index contributed by atoms with van der Waals surface area (Å²) in [5.74, 6) is 4.19. The van der Waals surface area contributed by atoms with Crippen LogP contribution in [0.2, 0.25) is 0 Å². The molecule has 4 unspecified atom stereocenters. The van der Waals surface area contributed by atoms with Gasteiger partial charge in [-0.2, -0.15) is 0 Å². The molecule has 2 rings (SSSR count). The van der Waals surface area contributed by atoms with Crippen molar-refractivity contribution in [2.75, 3.05) is 0 Å². The molecule has 98 valence electrons. The van der Waals surface area contributed by atoms with Crippen LogP contribution in [0.25, 0.3) is 0 Å². The third-order valence-corrected chi connectivity index (χ3v) is 5.16. The molecule has 2 aliphatic rings. The van der Waals surface area contributed by atoms with Crippen molar-refractivity contribution in [2.45, 2.75) is 65.7 Å². The number of carbonyl (C=O) groups is 1. The molecule has 2 saturated carbocycles. The van der Waals surface area contributed by atoms with Crippen molar-refractivity contribution in [1.29, 1.82) is 0 Å². The summed E-state index contributed by atoms with van der Waals surface area (Å²) in [6.07, 6.45) is 8.45. The summed E-state index contributed by atoms with van der Waals surface area (Å²) >= 11 is 0. The molecule has 0 radical (unpaired) electrons. The third kappa shape index (κ3) is 3.11. The second kappa shape index (κ2) is 5.54. The molecule has 0 aromatic carbocycles. The lowest BCUT2D eigenvalue weighted by Crippen LogP contribution is -2.34. The topological polar surface area (TPSA) is 17.1 Å². The molecule has 1 nitrogen and oxygen atoms in total. The Bertz CT molecular complexity index is 261. The quantitative estimate of drug-likeness (QED) is 0.692. The molecule has 0 aromatic heterocycles. The van der Waals surface area contributed by atoms with Crippen molar-refractivity contribution in [1.82, 2.24) is 0 Å². The summed E-state index contributed by atoms with van der Waals surface area (Å²) in [4.78, 5) is 12.2. The van der Waals surface area contributed by atoms with Gasteiger partial charge in [-0.1, -0.05) is 27.2 Å². The Hall–Kier alpha value is -0.330. The van der Waals surface area contributed by atoms with E-state index in [1.165, 1.54) is 32.1 Å². The molecule has 0 N–H and O–H groups in total. The van der Waals surface area contributed by atoms with Gasteiger partial charge in [-0.3, -0.25) is 4.79 Å². The second-order valence-corrected chi connectivity index (χ2v) is 6.80. The summed E-state index contributed by atoms with van der Waals surface area (Å²) in [5.41, 5.74) is 0. The van der Waals surface area contributed by atoms with E-state index in [9.17, 15) is 4.79 Å². The predicted molar refractivity (Wildman–Crippen MR) is 71.8 cm³/mol. The Labute approximate surface area is 106 Å². The maximum Gasteiger partial charge on any atom is 0.136 e. The largest absolute Gasteiger partial charge is 0.299 e. The van der Waals surface area contributed by atoms with E-state index in [0.717, 1.165) is 30.6 Å². The van der Waals surface area contributed by atoms with Crippen molar-refractivity contribution in [3.05, 3.63) is 0 Å². The summed E-state index contributed by atoms with van der Waals surface area (Å²) in [6, 6.07) is 0. The van der Waals surface area contributed by atoms with E-state index in [4.69, 9.17) is 0 Å². The van der Waals surface area contributed by atoms with Crippen LogP contribution in [0.4, 0.5) is 0 Å². The van der Waals surface area contributed by atoms with Gasteiger partial charge in [-0.15, -0.1) is 0 Å². The molecule has 0 aromatic rings. The summed E-state index contributed by atoms with van der Waals surface area (Å²) in [6.45, 7) is 7.02. The Morgan fingerprint density at radius 1 is 1.06 bits per heavy atom. The van der Waals surface area contributed by atoms with Gasteiger partial charge < -0.3 is 0 Å². The van der Waals surface area contributed by atoms with Gasteiger partial charge in [-0.05, 0) is 55.8 Å². The first kappa shape index (κ1) is 13.1. The average molecular weight is 236 g/mol. The maximum absolute atomic E-state index is 12.2. The highest BCUT2D eigenvalue weighted by atomic mass is 16.1. The summed E-state index contributed by atoms with van der Waals surface area (Å²) in [7, 11) is 0. The predicted octanol–water partition coefficient (Wildman–Crippen LogP) is 4.45. The number of hydrogen-bond donors (Lipinski definition) is 0. The molecule has 0 aliphatic heterocycles. The Balaban J connectivity index is 2.01. The number of rotatable bonds is 2. The fourth-order valence-electron chi connectivity index (χ4n) is 4.30.